The number of nitrogen functional groups attached to an aromatic ring is 1. The third kappa shape index (κ3) is 3.89. The van der Waals surface area contributed by atoms with Gasteiger partial charge in [0.25, 0.3) is 6.43 Å². The van der Waals surface area contributed by atoms with Crippen LogP contribution in [0.3, 0.4) is 0 Å². The van der Waals surface area contributed by atoms with Crippen LogP contribution in [0.2, 0.25) is 0 Å². The molecule has 0 aliphatic carbocycles. The number of methoxy groups -OCH3 is 1. The molecule has 190 valence electrons. The monoisotopic (exact) mass is 498 g/mol. The number of benzene rings is 1. The van der Waals surface area contributed by atoms with Gasteiger partial charge in [-0.3, -0.25) is 4.68 Å². The van der Waals surface area contributed by atoms with E-state index in [9.17, 15) is 8.78 Å². The van der Waals surface area contributed by atoms with Crippen molar-refractivity contribution in [2.24, 2.45) is 0 Å². The highest BCUT2D eigenvalue weighted by Gasteiger charge is 2.31. The van der Waals surface area contributed by atoms with Crippen molar-refractivity contribution in [3.05, 3.63) is 35.9 Å². The Morgan fingerprint density at radius 2 is 1.97 bits per heavy atom. The first-order valence-electron chi connectivity index (χ1n) is 12.2. The number of halogens is 2. The number of ether oxygens (including phenoxy) is 2. The van der Waals surface area contributed by atoms with Crippen LogP contribution in [-0.2, 0) is 4.74 Å². The number of rotatable bonds is 5. The molecule has 5 heterocycles. The van der Waals surface area contributed by atoms with Gasteiger partial charge in [0, 0.05) is 43.8 Å². The zero-order chi connectivity index (χ0) is 24.8. The Balaban J connectivity index is 1.33. The minimum atomic E-state index is -2.65. The molecule has 2 aliphatic heterocycles. The molecule has 2 fully saturated rings. The van der Waals surface area contributed by atoms with E-state index in [1.54, 1.807) is 22.5 Å². The molecular weight excluding hydrogens is 470 g/mol. The number of nitrogens with two attached hydrogens (primary N) is 1. The normalized spacial score (nSPS) is 19.6. The van der Waals surface area contributed by atoms with Crippen molar-refractivity contribution in [3.8, 4) is 5.75 Å². The molecule has 0 radical (unpaired) electrons. The summed E-state index contributed by atoms with van der Waals surface area (Å²) in [6, 6.07) is 5.68. The topological polar surface area (TPSA) is 109 Å². The largest absolute Gasteiger partial charge is 0.494 e. The summed E-state index contributed by atoms with van der Waals surface area (Å²) in [5.74, 6) is 1.40. The summed E-state index contributed by atoms with van der Waals surface area (Å²) in [5.41, 5.74) is 7.75. The molecule has 36 heavy (non-hydrogen) atoms. The van der Waals surface area contributed by atoms with Crippen molar-refractivity contribution >= 4 is 28.2 Å². The quantitative estimate of drug-likeness (QED) is 0.443. The van der Waals surface area contributed by atoms with Crippen LogP contribution in [0, 0.1) is 0 Å². The standard InChI is InChI=1S/C24H28F2N8O2/c1-35-18-6-2-5-16-19(18)28-24(27)34-23(16)29-22(31-34)14-4-3-9-32(12-14)17-13-33(30-20(17)21(25)26)15-7-10-36-11-8-15/h2,5-6,13-15,21H,3-4,7-12H2,1H3,(H2,27,28)/t14-/m1/s1. The second kappa shape index (κ2) is 9.16. The lowest BCUT2D eigenvalue weighted by molar-refractivity contribution is 0.0654. The number of hydrogen-bond donors (Lipinski definition) is 1. The summed E-state index contributed by atoms with van der Waals surface area (Å²) >= 11 is 0. The van der Waals surface area contributed by atoms with Gasteiger partial charge in [-0.2, -0.15) is 9.61 Å². The summed E-state index contributed by atoms with van der Waals surface area (Å²) in [6.07, 6.45) is 2.34. The number of piperidine rings is 1. The molecule has 2 N–H and O–H groups in total. The fourth-order valence-electron chi connectivity index (χ4n) is 5.32. The first-order valence-corrected chi connectivity index (χ1v) is 12.2. The van der Waals surface area contributed by atoms with Gasteiger partial charge in [0.15, 0.2) is 17.2 Å². The van der Waals surface area contributed by atoms with Crippen LogP contribution in [0.25, 0.3) is 16.6 Å². The fraction of sp³-hybridized carbons (Fsp3) is 0.500. The number of anilines is 2. The second-order valence-electron chi connectivity index (χ2n) is 9.34. The zero-order valence-electron chi connectivity index (χ0n) is 20.0. The van der Waals surface area contributed by atoms with E-state index in [1.807, 2.05) is 23.1 Å². The van der Waals surface area contributed by atoms with Gasteiger partial charge in [-0.25, -0.2) is 18.7 Å². The Kier molecular flexibility index (Phi) is 5.82. The maximum absolute atomic E-state index is 14.0. The first-order chi connectivity index (χ1) is 17.5. The maximum atomic E-state index is 14.0. The number of nitrogens with zero attached hydrogens (tertiary/aromatic N) is 7. The van der Waals surface area contributed by atoms with Gasteiger partial charge in [0.05, 0.1) is 18.8 Å². The SMILES string of the molecule is COc1cccc2c1nc(N)n1nc([C@@H]3CCCN(c4cn(C5CCOCC5)nc4C(F)F)C3)nc21. The van der Waals surface area contributed by atoms with E-state index in [2.05, 4.69) is 15.2 Å². The molecule has 1 atom stereocenters. The summed E-state index contributed by atoms with van der Waals surface area (Å²) < 4.78 is 42.1. The van der Waals surface area contributed by atoms with Crippen LogP contribution >= 0.6 is 0 Å². The first kappa shape index (κ1) is 22.9. The minimum absolute atomic E-state index is 0.0457. The molecule has 3 aromatic heterocycles. The lowest BCUT2D eigenvalue weighted by Gasteiger charge is -2.32. The smallest absolute Gasteiger partial charge is 0.284 e. The number of para-hydroxylation sites is 1. The van der Waals surface area contributed by atoms with Gasteiger partial charge in [-0.05, 0) is 37.8 Å². The molecule has 1 aromatic carbocycles. The van der Waals surface area contributed by atoms with Crippen LogP contribution < -0.4 is 15.4 Å². The van der Waals surface area contributed by atoms with Crippen molar-refractivity contribution < 1.29 is 18.3 Å². The second-order valence-corrected chi connectivity index (χ2v) is 9.34. The minimum Gasteiger partial charge on any atom is -0.494 e. The van der Waals surface area contributed by atoms with Gasteiger partial charge in [0.1, 0.15) is 11.3 Å². The van der Waals surface area contributed by atoms with Crippen molar-refractivity contribution in [2.75, 3.05) is 44.0 Å². The number of hydrogen-bond acceptors (Lipinski definition) is 8. The average molecular weight is 499 g/mol. The number of fused-ring (bicyclic) bond motifs is 3. The van der Waals surface area contributed by atoms with E-state index in [0.29, 0.717) is 54.7 Å². The Hall–Kier alpha value is -3.54. The van der Waals surface area contributed by atoms with E-state index in [-0.39, 0.29) is 23.6 Å². The fourth-order valence-corrected chi connectivity index (χ4v) is 5.32. The Bertz CT molecular complexity index is 1400. The molecule has 2 aliphatic rings. The van der Waals surface area contributed by atoms with Crippen molar-refractivity contribution in [2.45, 2.75) is 44.1 Å². The zero-order valence-corrected chi connectivity index (χ0v) is 20.0. The Labute approximate surface area is 206 Å². The highest BCUT2D eigenvalue weighted by molar-refractivity contribution is 5.95. The molecule has 0 spiro atoms. The third-order valence-corrected chi connectivity index (χ3v) is 7.17. The molecule has 12 heteroatoms. The summed E-state index contributed by atoms with van der Waals surface area (Å²) in [5, 5.41) is 9.76. The number of aromatic nitrogens is 6. The maximum Gasteiger partial charge on any atom is 0.284 e. The molecule has 2 saturated heterocycles. The highest BCUT2D eigenvalue weighted by atomic mass is 19.3. The van der Waals surface area contributed by atoms with Crippen molar-refractivity contribution in [3.63, 3.8) is 0 Å². The van der Waals surface area contributed by atoms with Crippen LogP contribution in [0.15, 0.2) is 24.4 Å². The van der Waals surface area contributed by atoms with E-state index in [4.69, 9.17) is 20.2 Å². The average Bonchev–Trinajstić information content (AvgIpc) is 3.56. The molecule has 6 rings (SSSR count). The predicted octanol–water partition coefficient (Wildman–Crippen LogP) is 3.74. The molecule has 0 bridgehead atoms. The lowest BCUT2D eigenvalue weighted by atomic mass is 9.97. The molecule has 10 nitrogen and oxygen atoms in total. The van der Waals surface area contributed by atoms with Crippen molar-refractivity contribution in [1.29, 1.82) is 0 Å². The molecule has 0 saturated carbocycles. The molecular formula is C24H28F2N8O2. The molecule has 0 amide bonds. The molecule has 0 unspecified atom stereocenters. The van der Waals surface area contributed by atoms with Gasteiger partial charge < -0.3 is 20.1 Å². The van der Waals surface area contributed by atoms with E-state index >= 15 is 0 Å². The third-order valence-electron chi connectivity index (χ3n) is 7.17. The predicted molar refractivity (Wildman–Crippen MR) is 130 cm³/mol. The summed E-state index contributed by atoms with van der Waals surface area (Å²) in [4.78, 5) is 11.3. The van der Waals surface area contributed by atoms with Crippen LogP contribution in [-0.4, -0.2) is 62.8 Å². The summed E-state index contributed by atoms with van der Waals surface area (Å²) in [7, 11) is 1.58. The number of alkyl halides is 2. The van der Waals surface area contributed by atoms with Crippen LogP contribution in [0.4, 0.5) is 20.4 Å². The lowest BCUT2D eigenvalue weighted by Crippen LogP contribution is -2.35. The highest BCUT2D eigenvalue weighted by Crippen LogP contribution is 2.36. The Morgan fingerprint density at radius 1 is 1.14 bits per heavy atom. The van der Waals surface area contributed by atoms with E-state index in [1.165, 1.54) is 0 Å². The van der Waals surface area contributed by atoms with E-state index < -0.39 is 6.43 Å². The van der Waals surface area contributed by atoms with Gasteiger partial charge in [-0.15, -0.1) is 5.10 Å². The van der Waals surface area contributed by atoms with Gasteiger partial charge >= 0.3 is 0 Å². The van der Waals surface area contributed by atoms with Crippen molar-refractivity contribution in [1.82, 2.24) is 29.4 Å². The van der Waals surface area contributed by atoms with E-state index in [0.717, 1.165) is 31.1 Å². The summed E-state index contributed by atoms with van der Waals surface area (Å²) in [6.45, 7) is 2.43. The Morgan fingerprint density at radius 3 is 2.75 bits per heavy atom. The van der Waals surface area contributed by atoms with Crippen LogP contribution in [0.5, 0.6) is 5.75 Å². The van der Waals surface area contributed by atoms with Gasteiger partial charge in [-0.1, -0.05) is 6.07 Å². The molecule has 4 aromatic rings. The van der Waals surface area contributed by atoms with Crippen LogP contribution in [0.1, 0.15) is 55.6 Å². The van der Waals surface area contributed by atoms with Gasteiger partial charge in [0.2, 0.25) is 5.95 Å².